The first-order chi connectivity index (χ1) is 17.4. The van der Waals surface area contributed by atoms with E-state index in [1.54, 1.807) is 0 Å². The van der Waals surface area contributed by atoms with Crippen molar-refractivity contribution in [1.29, 1.82) is 0 Å². The SMILES string of the molecule is O=C(CCN1C(=O)C=CC1=O)NCCOCCOCCNC(=O)CNCC[C@H]1SCC2NC(=O)NC21. The maximum atomic E-state index is 11.9. The Balaban J connectivity index is 1.06. The fraction of sp³-hybridized carbons (Fsp3) is 0.682. The lowest BCUT2D eigenvalue weighted by Crippen LogP contribution is -2.40. The van der Waals surface area contributed by atoms with Crippen LogP contribution in [0.25, 0.3) is 0 Å². The van der Waals surface area contributed by atoms with Gasteiger partial charge in [-0.05, 0) is 13.0 Å². The molecule has 0 saturated carbocycles. The molecule has 3 aliphatic heterocycles. The maximum absolute atomic E-state index is 11.9. The number of nitrogens with zero attached hydrogens (tertiary/aromatic N) is 1. The molecule has 3 rings (SSSR count). The van der Waals surface area contributed by atoms with Crippen LogP contribution in [0.3, 0.4) is 0 Å². The number of amides is 6. The van der Waals surface area contributed by atoms with Gasteiger partial charge in [-0.15, -0.1) is 0 Å². The van der Waals surface area contributed by atoms with Gasteiger partial charge < -0.3 is 36.1 Å². The average molecular weight is 527 g/mol. The summed E-state index contributed by atoms with van der Waals surface area (Å²) in [7, 11) is 0. The molecule has 2 saturated heterocycles. The molecule has 6 amide bonds. The van der Waals surface area contributed by atoms with Crippen LogP contribution in [-0.2, 0) is 28.7 Å². The predicted molar refractivity (Wildman–Crippen MR) is 131 cm³/mol. The van der Waals surface area contributed by atoms with Crippen molar-refractivity contribution in [3.05, 3.63) is 12.2 Å². The Kier molecular flexibility index (Phi) is 11.5. The van der Waals surface area contributed by atoms with Crippen LogP contribution >= 0.6 is 11.8 Å². The van der Waals surface area contributed by atoms with Gasteiger partial charge in [-0.3, -0.25) is 24.1 Å². The Morgan fingerprint density at radius 1 is 0.944 bits per heavy atom. The van der Waals surface area contributed by atoms with Crippen molar-refractivity contribution >= 4 is 41.4 Å². The Morgan fingerprint density at radius 2 is 1.61 bits per heavy atom. The van der Waals surface area contributed by atoms with Gasteiger partial charge in [-0.25, -0.2) is 4.79 Å². The number of nitrogens with one attached hydrogen (secondary N) is 5. The molecule has 14 heteroatoms. The van der Waals surface area contributed by atoms with Crippen LogP contribution in [0.5, 0.6) is 0 Å². The van der Waals surface area contributed by atoms with E-state index in [2.05, 4.69) is 26.6 Å². The van der Waals surface area contributed by atoms with E-state index in [9.17, 15) is 24.0 Å². The van der Waals surface area contributed by atoms with Crippen molar-refractivity contribution in [2.45, 2.75) is 30.2 Å². The van der Waals surface area contributed by atoms with Crippen LogP contribution in [0.15, 0.2) is 12.2 Å². The molecule has 0 aromatic rings. The van der Waals surface area contributed by atoms with Gasteiger partial charge >= 0.3 is 6.03 Å². The Hall–Kier alpha value is -2.68. The second-order valence-electron chi connectivity index (χ2n) is 8.42. The lowest BCUT2D eigenvalue weighted by Gasteiger charge is -2.16. The number of hydrogen-bond acceptors (Lipinski definition) is 9. The predicted octanol–water partition coefficient (Wildman–Crippen LogP) is -2.29. The van der Waals surface area contributed by atoms with Gasteiger partial charge in [-0.2, -0.15) is 11.8 Å². The fourth-order valence-corrected chi connectivity index (χ4v) is 5.45. The van der Waals surface area contributed by atoms with Gasteiger partial charge in [0, 0.05) is 49.2 Å². The number of carbonyl (C=O) groups is 5. The van der Waals surface area contributed by atoms with E-state index in [4.69, 9.17) is 9.47 Å². The first-order valence-electron chi connectivity index (χ1n) is 12.1. The fourth-order valence-electron chi connectivity index (χ4n) is 3.95. The number of thioether (sulfide) groups is 1. The monoisotopic (exact) mass is 526 g/mol. The summed E-state index contributed by atoms with van der Waals surface area (Å²) in [5, 5.41) is 14.8. The molecule has 0 spiro atoms. The van der Waals surface area contributed by atoms with Gasteiger partial charge in [0.2, 0.25) is 11.8 Å². The number of carbonyl (C=O) groups excluding carboxylic acids is 5. The highest BCUT2D eigenvalue weighted by Crippen LogP contribution is 2.31. The number of hydrogen-bond donors (Lipinski definition) is 5. The van der Waals surface area contributed by atoms with Crippen LogP contribution < -0.4 is 26.6 Å². The molecule has 0 aromatic heterocycles. The van der Waals surface area contributed by atoms with Crippen LogP contribution in [0.4, 0.5) is 4.79 Å². The standard InChI is InChI=1S/C22H34N6O7S/c29-17(4-8-28-19(31)1-2-20(28)32)24-6-9-34-11-12-35-10-7-25-18(30)13-23-5-3-16-21-15(14-36-16)26-22(33)27-21/h1-2,15-16,21,23H,3-14H2,(H,24,29)(H,25,30)(H2,26,27,33)/t15?,16-,21?/m1/s1. The van der Waals surface area contributed by atoms with Crippen molar-refractivity contribution < 1.29 is 33.4 Å². The molecular weight excluding hydrogens is 492 g/mol. The third kappa shape index (κ3) is 9.08. The Bertz CT molecular complexity index is 824. The summed E-state index contributed by atoms with van der Waals surface area (Å²) >= 11 is 1.84. The van der Waals surface area contributed by atoms with E-state index < -0.39 is 11.8 Å². The number of rotatable bonds is 17. The number of imide groups is 1. The lowest BCUT2D eigenvalue weighted by molar-refractivity contribution is -0.137. The number of ether oxygens (including phenoxy) is 2. The minimum Gasteiger partial charge on any atom is -0.377 e. The van der Waals surface area contributed by atoms with E-state index in [1.807, 2.05) is 11.8 Å². The van der Waals surface area contributed by atoms with E-state index in [1.165, 1.54) is 12.2 Å². The molecule has 0 bridgehead atoms. The minimum atomic E-state index is -0.403. The van der Waals surface area contributed by atoms with Crippen molar-refractivity contribution in [3.8, 4) is 0 Å². The average Bonchev–Trinajstić information content (AvgIpc) is 3.50. The lowest BCUT2D eigenvalue weighted by atomic mass is 10.1. The Morgan fingerprint density at radius 3 is 2.31 bits per heavy atom. The molecule has 0 aliphatic carbocycles. The van der Waals surface area contributed by atoms with Crippen molar-refractivity contribution in [2.24, 2.45) is 0 Å². The number of urea groups is 1. The minimum absolute atomic E-state index is 0.0430. The molecule has 200 valence electrons. The quantitative estimate of drug-likeness (QED) is 0.0796. The summed E-state index contributed by atoms with van der Waals surface area (Å²) in [6.07, 6.45) is 3.30. The highest BCUT2D eigenvalue weighted by molar-refractivity contribution is 8.00. The summed E-state index contributed by atoms with van der Waals surface area (Å²) < 4.78 is 10.8. The zero-order valence-electron chi connectivity index (χ0n) is 20.1. The molecule has 3 aliphatic rings. The van der Waals surface area contributed by atoms with E-state index in [0.29, 0.717) is 51.3 Å². The zero-order chi connectivity index (χ0) is 25.8. The Labute approximate surface area is 213 Å². The number of fused-ring (bicyclic) bond motifs is 1. The van der Waals surface area contributed by atoms with Crippen molar-refractivity contribution in [2.75, 3.05) is 64.9 Å². The van der Waals surface area contributed by atoms with E-state index in [0.717, 1.165) is 17.1 Å². The van der Waals surface area contributed by atoms with Crippen molar-refractivity contribution in [1.82, 2.24) is 31.5 Å². The molecule has 2 fully saturated rings. The molecule has 36 heavy (non-hydrogen) atoms. The zero-order valence-corrected chi connectivity index (χ0v) is 20.9. The first-order valence-corrected chi connectivity index (χ1v) is 13.1. The summed E-state index contributed by atoms with van der Waals surface area (Å²) in [5.41, 5.74) is 0. The summed E-state index contributed by atoms with van der Waals surface area (Å²) in [5.74, 6) is -0.258. The summed E-state index contributed by atoms with van der Waals surface area (Å²) in [4.78, 5) is 58.9. The van der Waals surface area contributed by atoms with Crippen LogP contribution in [0, 0.1) is 0 Å². The van der Waals surface area contributed by atoms with Crippen molar-refractivity contribution in [3.63, 3.8) is 0 Å². The second-order valence-corrected chi connectivity index (χ2v) is 9.70. The molecular formula is C22H34N6O7S. The molecule has 2 unspecified atom stereocenters. The molecule has 13 nitrogen and oxygen atoms in total. The van der Waals surface area contributed by atoms with E-state index >= 15 is 0 Å². The topological polar surface area (TPSA) is 167 Å². The highest BCUT2D eigenvalue weighted by Gasteiger charge is 2.42. The molecule has 5 N–H and O–H groups in total. The smallest absolute Gasteiger partial charge is 0.315 e. The summed E-state index contributed by atoms with van der Waals surface area (Å²) in [6.45, 7) is 3.08. The first kappa shape index (κ1) is 27.9. The third-order valence-electron chi connectivity index (χ3n) is 5.80. The van der Waals surface area contributed by atoms with Crippen LogP contribution in [-0.4, -0.2) is 117 Å². The van der Waals surface area contributed by atoms with Gasteiger partial charge in [0.25, 0.3) is 11.8 Å². The normalized spacial score (nSPS) is 22.5. The van der Waals surface area contributed by atoms with Gasteiger partial charge in [0.15, 0.2) is 0 Å². The highest BCUT2D eigenvalue weighted by atomic mass is 32.2. The van der Waals surface area contributed by atoms with E-state index in [-0.39, 0.29) is 49.4 Å². The molecule has 3 heterocycles. The second kappa shape index (κ2) is 14.8. The third-order valence-corrected chi connectivity index (χ3v) is 7.31. The largest absolute Gasteiger partial charge is 0.377 e. The van der Waals surface area contributed by atoms with Gasteiger partial charge in [0.1, 0.15) is 0 Å². The summed E-state index contributed by atoms with van der Waals surface area (Å²) in [6, 6.07) is 0.280. The molecule has 0 radical (unpaired) electrons. The van der Waals surface area contributed by atoms with Gasteiger partial charge in [0.05, 0.1) is 45.1 Å². The maximum Gasteiger partial charge on any atom is 0.315 e. The molecule has 3 atom stereocenters. The van der Waals surface area contributed by atoms with Crippen LogP contribution in [0.1, 0.15) is 12.8 Å². The van der Waals surface area contributed by atoms with Crippen LogP contribution in [0.2, 0.25) is 0 Å². The van der Waals surface area contributed by atoms with Gasteiger partial charge in [-0.1, -0.05) is 0 Å². The molecule has 0 aromatic carbocycles.